The summed E-state index contributed by atoms with van der Waals surface area (Å²) < 4.78 is 10.2. The number of hydrogen-bond acceptors (Lipinski definition) is 4. The fourth-order valence-electron chi connectivity index (χ4n) is 2.11. The summed E-state index contributed by atoms with van der Waals surface area (Å²) in [5.41, 5.74) is 3.02. The lowest BCUT2D eigenvalue weighted by atomic mass is 10.1. The second kappa shape index (κ2) is 8.15. The number of benzene rings is 2. The Bertz CT molecular complexity index is 723. The molecule has 0 aliphatic carbocycles. The number of ether oxygens (including phenoxy) is 2. The maximum absolute atomic E-state index is 12.1. The number of carbonyl (C=O) groups excluding carboxylic acids is 2. The van der Waals surface area contributed by atoms with Gasteiger partial charge in [0.1, 0.15) is 5.75 Å². The fraction of sp³-hybridized carbons (Fsp3) is 0.263. The second-order valence-corrected chi connectivity index (χ2v) is 5.48. The van der Waals surface area contributed by atoms with Crippen LogP contribution in [0, 0.1) is 13.8 Å². The summed E-state index contributed by atoms with van der Waals surface area (Å²) in [6.45, 7) is 4.14. The van der Waals surface area contributed by atoms with E-state index in [4.69, 9.17) is 4.74 Å². The highest BCUT2D eigenvalue weighted by atomic mass is 16.5. The molecular formula is C19H21NO4. The molecule has 0 bridgehead atoms. The molecule has 24 heavy (non-hydrogen) atoms. The van der Waals surface area contributed by atoms with Gasteiger partial charge in [-0.2, -0.15) is 0 Å². The van der Waals surface area contributed by atoms with Crippen LogP contribution in [-0.4, -0.2) is 25.6 Å². The zero-order chi connectivity index (χ0) is 17.5. The Morgan fingerprint density at radius 1 is 1.04 bits per heavy atom. The van der Waals surface area contributed by atoms with Crippen molar-refractivity contribution in [3.63, 3.8) is 0 Å². The van der Waals surface area contributed by atoms with Crippen molar-refractivity contribution in [2.75, 3.05) is 19.0 Å². The van der Waals surface area contributed by atoms with Gasteiger partial charge in [0.2, 0.25) is 5.91 Å². The number of carbonyl (C=O) groups is 2. The molecule has 0 aliphatic rings. The van der Waals surface area contributed by atoms with Gasteiger partial charge in [0, 0.05) is 5.69 Å². The molecule has 126 valence electrons. The maximum Gasteiger partial charge on any atom is 0.337 e. The van der Waals surface area contributed by atoms with E-state index < -0.39 is 5.97 Å². The lowest BCUT2D eigenvalue weighted by molar-refractivity contribution is -0.116. The van der Waals surface area contributed by atoms with E-state index >= 15 is 0 Å². The van der Waals surface area contributed by atoms with Gasteiger partial charge in [0.25, 0.3) is 0 Å². The number of nitrogens with one attached hydrogen (secondary N) is 1. The van der Waals surface area contributed by atoms with Crippen LogP contribution in [0.3, 0.4) is 0 Å². The number of hydrogen-bond donors (Lipinski definition) is 1. The first-order chi connectivity index (χ1) is 11.5. The third kappa shape index (κ3) is 4.84. The number of methoxy groups -OCH3 is 1. The summed E-state index contributed by atoms with van der Waals surface area (Å²) in [6, 6.07) is 12.7. The molecule has 0 atom stereocenters. The molecule has 1 N–H and O–H groups in total. The predicted molar refractivity (Wildman–Crippen MR) is 92.4 cm³/mol. The number of anilines is 1. The monoisotopic (exact) mass is 327 g/mol. The summed E-state index contributed by atoms with van der Waals surface area (Å²) in [5, 5.41) is 2.80. The van der Waals surface area contributed by atoms with E-state index in [2.05, 4.69) is 10.1 Å². The van der Waals surface area contributed by atoms with Gasteiger partial charge < -0.3 is 14.8 Å². The summed E-state index contributed by atoms with van der Waals surface area (Å²) in [5.74, 6) is 0.123. The maximum atomic E-state index is 12.1. The zero-order valence-corrected chi connectivity index (χ0v) is 14.1. The van der Waals surface area contributed by atoms with Gasteiger partial charge in [-0.3, -0.25) is 4.79 Å². The Kier molecular flexibility index (Phi) is 5.95. The van der Waals surface area contributed by atoms with Crippen LogP contribution in [-0.2, 0) is 9.53 Å². The molecule has 0 aliphatic heterocycles. The summed E-state index contributed by atoms with van der Waals surface area (Å²) in [7, 11) is 1.32. The molecule has 0 radical (unpaired) electrons. The molecule has 5 nitrogen and oxygen atoms in total. The first kappa shape index (κ1) is 17.5. The molecule has 2 rings (SSSR count). The minimum absolute atomic E-state index is 0.174. The largest absolute Gasteiger partial charge is 0.493 e. The van der Waals surface area contributed by atoms with Crippen molar-refractivity contribution < 1.29 is 19.1 Å². The molecule has 2 aromatic rings. The average molecular weight is 327 g/mol. The van der Waals surface area contributed by atoms with Crippen LogP contribution >= 0.6 is 0 Å². The molecule has 0 heterocycles. The van der Waals surface area contributed by atoms with Crippen LogP contribution in [0.4, 0.5) is 5.69 Å². The Labute approximate surface area is 141 Å². The van der Waals surface area contributed by atoms with Crippen molar-refractivity contribution in [3.8, 4) is 5.75 Å². The van der Waals surface area contributed by atoms with Gasteiger partial charge in [-0.15, -0.1) is 0 Å². The smallest absolute Gasteiger partial charge is 0.337 e. The normalized spacial score (nSPS) is 10.1. The van der Waals surface area contributed by atoms with Crippen molar-refractivity contribution in [2.24, 2.45) is 0 Å². The van der Waals surface area contributed by atoms with Crippen molar-refractivity contribution in [3.05, 3.63) is 59.2 Å². The first-order valence-electron chi connectivity index (χ1n) is 7.68. The first-order valence-corrected chi connectivity index (χ1v) is 7.68. The third-order valence-electron chi connectivity index (χ3n) is 3.55. The molecule has 5 heteroatoms. The van der Waals surface area contributed by atoms with Crippen LogP contribution in [0.15, 0.2) is 42.5 Å². The van der Waals surface area contributed by atoms with Crippen molar-refractivity contribution >= 4 is 17.6 Å². The summed E-state index contributed by atoms with van der Waals surface area (Å²) in [6.07, 6.45) is 0.218. The topological polar surface area (TPSA) is 64.6 Å². The van der Waals surface area contributed by atoms with Gasteiger partial charge in [-0.1, -0.05) is 23.8 Å². The third-order valence-corrected chi connectivity index (χ3v) is 3.55. The highest BCUT2D eigenvalue weighted by Gasteiger charge is 2.10. The minimum atomic E-state index is -0.437. The quantitative estimate of drug-likeness (QED) is 0.825. The van der Waals surface area contributed by atoms with E-state index in [1.54, 1.807) is 18.2 Å². The summed E-state index contributed by atoms with van der Waals surface area (Å²) in [4.78, 5) is 23.6. The fourth-order valence-corrected chi connectivity index (χ4v) is 2.11. The van der Waals surface area contributed by atoms with E-state index in [9.17, 15) is 9.59 Å². The predicted octanol–water partition coefficient (Wildman–Crippen LogP) is 3.50. The number of aryl methyl sites for hydroxylation is 2. The highest BCUT2D eigenvalue weighted by Crippen LogP contribution is 2.18. The highest BCUT2D eigenvalue weighted by molar-refractivity contribution is 5.95. The lowest BCUT2D eigenvalue weighted by Crippen LogP contribution is -2.16. The van der Waals surface area contributed by atoms with E-state index in [-0.39, 0.29) is 18.9 Å². The van der Waals surface area contributed by atoms with E-state index in [1.807, 2.05) is 38.1 Å². The minimum Gasteiger partial charge on any atom is -0.493 e. The van der Waals surface area contributed by atoms with Gasteiger partial charge in [-0.05, 0) is 43.7 Å². The van der Waals surface area contributed by atoms with Gasteiger partial charge in [0.05, 0.1) is 25.7 Å². The number of amides is 1. The zero-order valence-electron chi connectivity index (χ0n) is 14.1. The standard InChI is InChI=1S/C19H21NO4/c1-13-4-8-16(9-5-13)24-11-10-18(21)20-17-12-15(19(22)23-3)7-6-14(17)2/h4-9,12H,10-11H2,1-3H3,(H,20,21). The lowest BCUT2D eigenvalue weighted by Gasteiger charge is -2.11. The molecular weight excluding hydrogens is 306 g/mol. The molecule has 0 saturated carbocycles. The van der Waals surface area contributed by atoms with Crippen LogP contribution in [0.25, 0.3) is 0 Å². The van der Waals surface area contributed by atoms with E-state index in [0.29, 0.717) is 11.3 Å². The van der Waals surface area contributed by atoms with Crippen LogP contribution in [0.2, 0.25) is 0 Å². The van der Waals surface area contributed by atoms with E-state index in [1.165, 1.54) is 7.11 Å². The van der Waals surface area contributed by atoms with Crippen LogP contribution < -0.4 is 10.1 Å². The molecule has 0 spiro atoms. The Hall–Kier alpha value is -2.82. The van der Waals surface area contributed by atoms with Gasteiger partial charge >= 0.3 is 5.97 Å². The Balaban J connectivity index is 1.90. The van der Waals surface area contributed by atoms with Crippen molar-refractivity contribution in [2.45, 2.75) is 20.3 Å². The van der Waals surface area contributed by atoms with E-state index in [0.717, 1.165) is 16.9 Å². The molecule has 0 saturated heterocycles. The van der Waals surface area contributed by atoms with Crippen LogP contribution in [0.5, 0.6) is 5.75 Å². The summed E-state index contributed by atoms with van der Waals surface area (Å²) >= 11 is 0. The van der Waals surface area contributed by atoms with Crippen molar-refractivity contribution in [1.29, 1.82) is 0 Å². The number of rotatable bonds is 6. The Morgan fingerprint density at radius 3 is 2.42 bits per heavy atom. The van der Waals surface area contributed by atoms with Crippen molar-refractivity contribution in [1.82, 2.24) is 0 Å². The Morgan fingerprint density at radius 2 is 1.75 bits per heavy atom. The van der Waals surface area contributed by atoms with Gasteiger partial charge in [-0.25, -0.2) is 4.79 Å². The molecule has 1 amide bonds. The number of esters is 1. The SMILES string of the molecule is COC(=O)c1ccc(C)c(NC(=O)CCOc2ccc(C)cc2)c1. The average Bonchev–Trinajstić information content (AvgIpc) is 2.58. The molecule has 0 aromatic heterocycles. The van der Waals surface area contributed by atoms with Crippen LogP contribution in [0.1, 0.15) is 27.9 Å². The second-order valence-electron chi connectivity index (χ2n) is 5.48. The molecule has 0 fully saturated rings. The molecule has 2 aromatic carbocycles. The van der Waals surface area contributed by atoms with Gasteiger partial charge in [0.15, 0.2) is 0 Å². The molecule has 0 unspecified atom stereocenters.